The lowest BCUT2D eigenvalue weighted by Gasteiger charge is -2.32. The number of nitrogens with zero attached hydrogens (tertiary/aromatic N) is 2. The normalized spacial score (nSPS) is 17.8. The predicted molar refractivity (Wildman–Crippen MR) is 117 cm³/mol. The summed E-state index contributed by atoms with van der Waals surface area (Å²) < 4.78 is 5.23. The van der Waals surface area contributed by atoms with Crippen LogP contribution in [0, 0.1) is 5.92 Å². The largest absolute Gasteiger partial charge is 0.459 e. The fourth-order valence-electron chi connectivity index (χ4n) is 3.87. The number of H-pyrrole nitrogens is 1. The van der Waals surface area contributed by atoms with Crippen molar-refractivity contribution in [3.05, 3.63) is 54.2 Å². The van der Waals surface area contributed by atoms with Gasteiger partial charge in [-0.3, -0.25) is 9.59 Å². The number of furan rings is 1. The lowest BCUT2D eigenvalue weighted by molar-refractivity contribution is -0.127. The molecule has 2 N–H and O–H groups in total. The van der Waals surface area contributed by atoms with Crippen LogP contribution in [-0.2, 0) is 4.79 Å². The number of para-hydroxylation sites is 2. The van der Waals surface area contributed by atoms with Crippen molar-refractivity contribution in [2.24, 2.45) is 5.92 Å². The lowest BCUT2D eigenvalue weighted by Crippen LogP contribution is -2.46. The van der Waals surface area contributed by atoms with Crippen molar-refractivity contribution >= 4 is 34.6 Å². The standard InChI is InChI=1S/C22H26N4O3S/c1-30-13-10-18(20-23-16-7-2-3-8-17(16)24-20)25-21(27)15-6-4-11-26(14-15)22(28)19-9-5-12-29-19/h2-3,5,7-9,12,15,18H,4,6,10-11,13-14H2,1H3,(H,23,24)(H,25,27)/t15-,18+/m0/s1. The van der Waals surface area contributed by atoms with Gasteiger partial charge in [-0.2, -0.15) is 11.8 Å². The molecule has 1 aromatic carbocycles. The van der Waals surface area contributed by atoms with Crippen LogP contribution in [0.2, 0.25) is 0 Å². The third kappa shape index (κ3) is 4.53. The highest BCUT2D eigenvalue weighted by atomic mass is 32.2. The highest BCUT2D eigenvalue weighted by molar-refractivity contribution is 7.98. The molecule has 1 aliphatic heterocycles. The van der Waals surface area contributed by atoms with Gasteiger partial charge in [-0.05, 0) is 55.5 Å². The van der Waals surface area contributed by atoms with E-state index in [1.165, 1.54) is 6.26 Å². The number of likely N-dealkylation sites (tertiary alicyclic amines) is 1. The Morgan fingerprint density at radius 2 is 2.20 bits per heavy atom. The van der Waals surface area contributed by atoms with Crippen LogP contribution in [0.15, 0.2) is 47.1 Å². The molecule has 1 fully saturated rings. The second-order valence-corrected chi connectivity index (χ2v) is 8.54. The monoisotopic (exact) mass is 426 g/mol. The molecule has 3 aromatic rings. The third-order valence-corrected chi connectivity index (χ3v) is 6.12. The van der Waals surface area contributed by atoms with Gasteiger partial charge in [0.2, 0.25) is 5.91 Å². The van der Waals surface area contributed by atoms with Gasteiger partial charge in [0.15, 0.2) is 5.76 Å². The van der Waals surface area contributed by atoms with Crippen molar-refractivity contribution in [1.82, 2.24) is 20.2 Å². The average Bonchev–Trinajstić information content (AvgIpc) is 3.46. The van der Waals surface area contributed by atoms with Crippen LogP contribution in [0.25, 0.3) is 11.0 Å². The van der Waals surface area contributed by atoms with Gasteiger partial charge in [0.05, 0.1) is 29.3 Å². The summed E-state index contributed by atoms with van der Waals surface area (Å²) in [4.78, 5) is 35.4. The fraction of sp³-hybridized carbons (Fsp3) is 0.409. The Hall–Kier alpha value is -2.74. The number of hydrogen-bond donors (Lipinski definition) is 2. The Balaban J connectivity index is 1.45. The zero-order chi connectivity index (χ0) is 20.9. The molecule has 2 aromatic heterocycles. The van der Waals surface area contributed by atoms with Crippen LogP contribution in [0.3, 0.4) is 0 Å². The van der Waals surface area contributed by atoms with Crippen molar-refractivity contribution in [3.8, 4) is 0 Å². The summed E-state index contributed by atoms with van der Waals surface area (Å²) in [5, 5.41) is 3.19. The quantitative estimate of drug-likeness (QED) is 0.602. The van der Waals surface area contributed by atoms with Gasteiger partial charge >= 0.3 is 0 Å². The number of amides is 2. The minimum atomic E-state index is -0.237. The number of thioether (sulfide) groups is 1. The highest BCUT2D eigenvalue weighted by Crippen LogP contribution is 2.23. The van der Waals surface area contributed by atoms with Gasteiger partial charge in [0, 0.05) is 13.1 Å². The molecule has 4 rings (SSSR count). The molecule has 0 radical (unpaired) electrons. The number of carbonyl (C=O) groups excluding carboxylic acids is 2. The maximum Gasteiger partial charge on any atom is 0.289 e. The summed E-state index contributed by atoms with van der Waals surface area (Å²) in [7, 11) is 0. The van der Waals surface area contributed by atoms with Crippen molar-refractivity contribution in [2.45, 2.75) is 25.3 Å². The van der Waals surface area contributed by atoms with E-state index in [1.807, 2.05) is 24.3 Å². The molecule has 0 bridgehead atoms. The van der Waals surface area contributed by atoms with Gasteiger partial charge in [-0.25, -0.2) is 4.98 Å². The van der Waals surface area contributed by atoms with Crippen molar-refractivity contribution in [2.75, 3.05) is 25.1 Å². The molecule has 3 heterocycles. The smallest absolute Gasteiger partial charge is 0.289 e. The lowest BCUT2D eigenvalue weighted by atomic mass is 9.96. The predicted octanol–water partition coefficient (Wildman–Crippen LogP) is 3.62. The molecule has 2 amide bonds. The summed E-state index contributed by atoms with van der Waals surface area (Å²) in [6.45, 7) is 1.05. The van der Waals surface area contributed by atoms with Crippen LogP contribution in [0.4, 0.5) is 0 Å². The first-order valence-corrected chi connectivity index (χ1v) is 11.6. The molecule has 0 unspecified atom stereocenters. The number of nitrogens with one attached hydrogen (secondary N) is 2. The molecule has 7 nitrogen and oxygen atoms in total. The van der Waals surface area contributed by atoms with Gasteiger partial charge < -0.3 is 19.6 Å². The number of aromatic nitrogens is 2. The van der Waals surface area contributed by atoms with E-state index in [2.05, 4.69) is 21.5 Å². The Morgan fingerprint density at radius 3 is 2.97 bits per heavy atom. The van der Waals surface area contributed by atoms with Crippen LogP contribution >= 0.6 is 11.8 Å². The van der Waals surface area contributed by atoms with Crippen LogP contribution in [-0.4, -0.2) is 51.8 Å². The number of piperidine rings is 1. The Kier molecular flexibility index (Phi) is 6.42. The fourth-order valence-corrected chi connectivity index (χ4v) is 4.34. The second-order valence-electron chi connectivity index (χ2n) is 7.55. The van der Waals surface area contributed by atoms with Gasteiger partial charge in [-0.1, -0.05) is 12.1 Å². The molecule has 0 spiro atoms. The maximum absolute atomic E-state index is 13.1. The van der Waals surface area contributed by atoms with Gasteiger partial charge in [0.25, 0.3) is 5.91 Å². The highest BCUT2D eigenvalue weighted by Gasteiger charge is 2.31. The van der Waals surface area contributed by atoms with E-state index in [0.29, 0.717) is 18.8 Å². The molecule has 1 saturated heterocycles. The molecule has 0 aliphatic carbocycles. The zero-order valence-electron chi connectivity index (χ0n) is 17.0. The average molecular weight is 427 g/mol. The van der Waals surface area contributed by atoms with E-state index in [0.717, 1.165) is 41.9 Å². The summed E-state index contributed by atoms with van der Waals surface area (Å²) in [6, 6.07) is 11.0. The number of hydrogen-bond acceptors (Lipinski definition) is 5. The summed E-state index contributed by atoms with van der Waals surface area (Å²) >= 11 is 1.74. The van der Waals surface area contributed by atoms with E-state index >= 15 is 0 Å². The van der Waals surface area contributed by atoms with E-state index in [-0.39, 0.29) is 23.8 Å². The van der Waals surface area contributed by atoms with Gasteiger partial charge in [-0.15, -0.1) is 0 Å². The van der Waals surface area contributed by atoms with E-state index in [1.54, 1.807) is 28.8 Å². The molecular weight excluding hydrogens is 400 g/mol. The number of fused-ring (bicyclic) bond motifs is 1. The summed E-state index contributed by atoms with van der Waals surface area (Å²) in [6.07, 6.45) is 5.89. The van der Waals surface area contributed by atoms with Crippen LogP contribution < -0.4 is 5.32 Å². The first kappa shape index (κ1) is 20.5. The summed E-state index contributed by atoms with van der Waals surface area (Å²) in [5.41, 5.74) is 1.85. The molecule has 8 heteroatoms. The topological polar surface area (TPSA) is 91.2 Å². The minimum absolute atomic E-state index is 0.0292. The Labute approximate surface area is 179 Å². The van der Waals surface area contributed by atoms with Crippen molar-refractivity contribution in [1.29, 1.82) is 0 Å². The second kappa shape index (κ2) is 9.38. The summed E-state index contributed by atoms with van der Waals surface area (Å²) in [5.74, 6) is 1.58. The SMILES string of the molecule is CSCC[C@@H](NC(=O)[C@H]1CCCN(C(=O)c2ccco2)C1)c1nc2ccccc2[nH]1. The number of imidazole rings is 1. The van der Waals surface area contributed by atoms with E-state index in [4.69, 9.17) is 4.42 Å². The molecule has 1 aliphatic rings. The Morgan fingerprint density at radius 1 is 1.33 bits per heavy atom. The van der Waals surface area contributed by atoms with Crippen LogP contribution in [0.5, 0.6) is 0 Å². The Bertz CT molecular complexity index is 968. The van der Waals surface area contributed by atoms with E-state index < -0.39 is 0 Å². The van der Waals surface area contributed by atoms with Gasteiger partial charge in [0.1, 0.15) is 5.82 Å². The molecule has 158 valence electrons. The molecule has 2 atom stereocenters. The third-order valence-electron chi connectivity index (χ3n) is 5.48. The zero-order valence-corrected chi connectivity index (χ0v) is 17.8. The number of aromatic amines is 1. The molecular formula is C22H26N4O3S. The van der Waals surface area contributed by atoms with Crippen molar-refractivity contribution < 1.29 is 14.0 Å². The van der Waals surface area contributed by atoms with Crippen LogP contribution in [0.1, 0.15) is 41.7 Å². The number of carbonyl (C=O) groups is 2. The number of benzene rings is 1. The van der Waals surface area contributed by atoms with Crippen molar-refractivity contribution in [3.63, 3.8) is 0 Å². The minimum Gasteiger partial charge on any atom is -0.459 e. The van der Waals surface area contributed by atoms with E-state index in [9.17, 15) is 9.59 Å². The first-order valence-electron chi connectivity index (χ1n) is 10.2. The number of rotatable bonds is 7. The first-order chi connectivity index (χ1) is 14.7. The maximum atomic E-state index is 13.1. The molecule has 30 heavy (non-hydrogen) atoms. The molecule has 0 saturated carbocycles.